The molecule has 0 atom stereocenters. The van der Waals surface area contributed by atoms with Gasteiger partial charge in [0.05, 0.1) is 12.8 Å². The van der Waals surface area contributed by atoms with E-state index in [4.69, 9.17) is 4.74 Å². The van der Waals surface area contributed by atoms with Gasteiger partial charge in [-0.2, -0.15) is 0 Å². The van der Waals surface area contributed by atoms with Crippen LogP contribution in [-0.4, -0.2) is 18.9 Å². The fraction of sp³-hybridized carbons (Fsp3) is 0.0588. The minimum absolute atomic E-state index is 0.238. The highest BCUT2D eigenvalue weighted by atomic mass is 16.5. The van der Waals surface area contributed by atoms with E-state index in [2.05, 4.69) is 5.32 Å². The van der Waals surface area contributed by atoms with Gasteiger partial charge in [-0.05, 0) is 24.3 Å². The molecule has 1 aliphatic rings. The van der Waals surface area contributed by atoms with Gasteiger partial charge in [0.1, 0.15) is 11.4 Å². The Morgan fingerprint density at radius 1 is 0.955 bits per heavy atom. The topological polar surface area (TPSA) is 58.6 Å². The van der Waals surface area contributed by atoms with E-state index in [0.717, 1.165) is 10.6 Å². The van der Waals surface area contributed by atoms with Crippen molar-refractivity contribution in [3.05, 3.63) is 66.4 Å². The van der Waals surface area contributed by atoms with E-state index in [9.17, 15) is 9.59 Å². The fourth-order valence-corrected chi connectivity index (χ4v) is 2.28. The average Bonchev–Trinajstić information content (AvgIpc) is 2.82. The van der Waals surface area contributed by atoms with Crippen molar-refractivity contribution in [3.8, 4) is 5.75 Å². The molecule has 1 N–H and O–H groups in total. The molecule has 0 spiro atoms. The van der Waals surface area contributed by atoms with Crippen LogP contribution in [0.15, 0.2) is 66.4 Å². The van der Waals surface area contributed by atoms with Crippen molar-refractivity contribution in [2.45, 2.75) is 0 Å². The van der Waals surface area contributed by atoms with Gasteiger partial charge in [-0.25, -0.2) is 4.90 Å². The van der Waals surface area contributed by atoms with E-state index in [1.165, 1.54) is 13.2 Å². The first-order chi connectivity index (χ1) is 10.7. The van der Waals surface area contributed by atoms with Crippen LogP contribution in [-0.2, 0) is 9.59 Å². The Morgan fingerprint density at radius 3 is 2.36 bits per heavy atom. The highest BCUT2D eigenvalue weighted by molar-refractivity contribution is 6.31. The molecule has 0 fully saturated rings. The second kappa shape index (κ2) is 5.73. The number of hydrogen-bond donors (Lipinski definition) is 1. The predicted molar refractivity (Wildman–Crippen MR) is 83.6 cm³/mol. The molecule has 0 aromatic heterocycles. The number of carbonyl (C=O) groups excluding carboxylic acids is 2. The predicted octanol–water partition coefficient (Wildman–Crippen LogP) is 2.56. The van der Waals surface area contributed by atoms with Crippen LogP contribution in [0.2, 0.25) is 0 Å². The first-order valence-electron chi connectivity index (χ1n) is 6.76. The summed E-state index contributed by atoms with van der Waals surface area (Å²) in [7, 11) is 1.50. The summed E-state index contributed by atoms with van der Waals surface area (Å²) in [5, 5.41) is 2.97. The van der Waals surface area contributed by atoms with Crippen molar-refractivity contribution in [3.63, 3.8) is 0 Å². The molecule has 0 unspecified atom stereocenters. The van der Waals surface area contributed by atoms with Crippen molar-refractivity contribution in [1.82, 2.24) is 0 Å². The summed E-state index contributed by atoms with van der Waals surface area (Å²) in [5.41, 5.74) is 1.42. The third-order valence-electron chi connectivity index (χ3n) is 3.30. The van der Waals surface area contributed by atoms with Gasteiger partial charge < -0.3 is 10.1 Å². The van der Waals surface area contributed by atoms with Gasteiger partial charge in [0.25, 0.3) is 11.8 Å². The van der Waals surface area contributed by atoms with Crippen molar-refractivity contribution in [2.75, 3.05) is 17.3 Å². The van der Waals surface area contributed by atoms with Crippen LogP contribution in [0.25, 0.3) is 0 Å². The zero-order chi connectivity index (χ0) is 15.5. The van der Waals surface area contributed by atoms with E-state index in [1.54, 1.807) is 24.3 Å². The fourth-order valence-electron chi connectivity index (χ4n) is 2.28. The number of amides is 2. The molecule has 0 radical (unpaired) electrons. The molecule has 2 aromatic rings. The van der Waals surface area contributed by atoms with Crippen LogP contribution in [0.4, 0.5) is 11.4 Å². The standard InChI is InChI=1S/C17H14N2O3/c1-22-15-10-6-5-9-14(15)19-16(20)11-13(17(19)21)18-12-7-3-2-4-8-12/h2-11,18H,1H3. The maximum Gasteiger partial charge on any atom is 0.282 e. The molecule has 0 saturated carbocycles. The molecule has 3 rings (SSSR count). The zero-order valence-corrected chi connectivity index (χ0v) is 11.9. The van der Waals surface area contributed by atoms with Gasteiger partial charge in [-0.3, -0.25) is 9.59 Å². The van der Waals surface area contributed by atoms with Gasteiger partial charge in [0, 0.05) is 11.8 Å². The molecule has 0 saturated heterocycles. The van der Waals surface area contributed by atoms with E-state index >= 15 is 0 Å². The normalized spacial score (nSPS) is 14.0. The maximum atomic E-state index is 12.5. The SMILES string of the molecule is COc1ccccc1N1C(=O)C=C(Nc2ccccc2)C1=O. The number of anilines is 2. The van der Waals surface area contributed by atoms with Crippen molar-refractivity contribution in [2.24, 2.45) is 0 Å². The summed E-state index contributed by atoms with van der Waals surface area (Å²) in [6.07, 6.45) is 1.29. The van der Waals surface area contributed by atoms with E-state index in [1.807, 2.05) is 30.3 Å². The number of rotatable bonds is 4. The number of hydrogen-bond acceptors (Lipinski definition) is 4. The Kier molecular flexibility index (Phi) is 3.62. The van der Waals surface area contributed by atoms with E-state index < -0.39 is 11.8 Å². The molecule has 5 nitrogen and oxygen atoms in total. The molecule has 0 bridgehead atoms. The Morgan fingerprint density at radius 2 is 1.64 bits per heavy atom. The molecule has 1 aliphatic heterocycles. The van der Waals surface area contributed by atoms with Crippen LogP contribution in [0, 0.1) is 0 Å². The quantitative estimate of drug-likeness (QED) is 0.880. The zero-order valence-electron chi connectivity index (χ0n) is 11.9. The lowest BCUT2D eigenvalue weighted by atomic mass is 10.2. The Bertz CT molecular complexity index is 754. The largest absolute Gasteiger partial charge is 0.495 e. The van der Waals surface area contributed by atoms with Crippen LogP contribution < -0.4 is 15.0 Å². The number of methoxy groups -OCH3 is 1. The molecule has 2 amide bonds. The molecular formula is C17H14N2O3. The summed E-state index contributed by atoms with van der Waals surface area (Å²) < 4.78 is 5.22. The molecule has 5 heteroatoms. The highest BCUT2D eigenvalue weighted by Gasteiger charge is 2.34. The first-order valence-corrected chi connectivity index (χ1v) is 6.76. The smallest absolute Gasteiger partial charge is 0.282 e. The van der Waals surface area contributed by atoms with Gasteiger partial charge >= 0.3 is 0 Å². The lowest BCUT2D eigenvalue weighted by Gasteiger charge is -2.18. The molecular weight excluding hydrogens is 280 g/mol. The first kappa shape index (κ1) is 13.9. The van der Waals surface area contributed by atoms with Gasteiger partial charge in [-0.1, -0.05) is 30.3 Å². The summed E-state index contributed by atoms with van der Waals surface area (Å²) in [5.74, 6) is -0.329. The minimum Gasteiger partial charge on any atom is -0.495 e. The van der Waals surface area contributed by atoms with Gasteiger partial charge in [-0.15, -0.1) is 0 Å². The Hall–Kier alpha value is -3.08. The number of ether oxygens (including phenoxy) is 1. The summed E-state index contributed by atoms with van der Waals surface area (Å²) in [6, 6.07) is 16.1. The Labute approximate surface area is 127 Å². The number of imide groups is 1. The minimum atomic E-state index is -0.404. The average molecular weight is 294 g/mol. The second-order valence-electron chi connectivity index (χ2n) is 4.70. The highest BCUT2D eigenvalue weighted by Crippen LogP contribution is 2.31. The summed E-state index contributed by atoms with van der Waals surface area (Å²) in [4.78, 5) is 25.8. The van der Waals surface area contributed by atoms with Crippen molar-refractivity contribution >= 4 is 23.2 Å². The number of nitrogens with one attached hydrogen (secondary N) is 1. The second-order valence-corrected chi connectivity index (χ2v) is 4.70. The van der Waals surface area contributed by atoms with E-state index in [-0.39, 0.29) is 5.70 Å². The molecule has 22 heavy (non-hydrogen) atoms. The van der Waals surface area contributed by atoms with Crippen LogP contribution in [0.1, 0.15) is 0 Å². The molecule has 1 heterocycles. The third kappa shape index (κ3) is 2.44. The number of nitrogens with zero attached hydrogens (tertiary/aromatic N) is 1. The monoisotopic (exact) mass is 294 g/mol. The third-order valence-corrected chi connectivity index (χ3v) is 3.30. The van der Waals surface area contributed by atoms with Crippen molar-refractivity contribution < 1.29 is 14.3 Å². The lowest BCUT2D eigenvalue weighted by Crippen LogP contribution is -2.32. The number of para-hydroxylation sites is 3. The van der Waals surface area contributed by atoms with Gasteiger partial charge in [0.15, 0.2) is 0 Å². The Balaban J connectivity index is 1.89. The summed E-state index contributed by atoms with van der Waals surface area (Å²) in [6.45, 7) is 0. The van der Waals surface area contributed by atoms with E-state index in [0.29, 0.717) is 11.4 Å². The van der Waals surface area contributed by atoms with Crippen LogP contribution in [0.3, 0.4) is 0 Å². The summed E-state index contributed by atoms with van der Waals surface area (Å²) >= 11 is 0. The van der Waals surface area contributed by atoms with Crippen LogP contribution >= 0.6 is 0 Å². The number of benzene rings is 2. The molecule has 0 aliphatic carbocycles. The lowest BCUT2D eigenvalue weighted by molar-refractivity contribution is -0.120. The molecule has 2 aromatic carbocycles. The number of carbonyl (C=O) groups is 2. The van der Waals surface area contributed by atoms with Gasteiger partial charge in [0.2, 0.25) is 0 Å². The van der Waals surface area contributed by atoms with Crippen LogP contribution in [0.5, 0.6) is 5.75 Å². The van der Waals surface area contributed by atoms with Crippen molar-refractivity contribution in [1.29, 1.82) is 0 Å². The maximum absolute atomic E-state index is 12.5. The molecule has 110 valence electrons.